The molecule has 2 aromatic rings. The van der Waals surface area contributed by atoms with E-state index in [1.807, 2.05) is 0 Å². The quantitative estimate of drug-likeness (QED) is 0.556. The standard InChI is InChI=1S/C13H14ClN3O4S3/c1-3-21-11(18)7-22-13-16-15-12(23-13)17-24(19,20)10-6-4-5-9(14)8(10)2/h4-6H,3,7H2,1-2H3,(H,15,17). The fourth-order valence-electron chi connectivity index (χ4n) is 1.68. The van der Waals surface area contributed by atoms with Crippen LogP contribution in [0.25, 0.3) is 0 Å². The summed E-state index contributed by atoms with van der Waals surface area (Å²) in [5, 5.41) is 8.09. The van der Waals surface area contributed by atoms with Gasteiger partial charge in [-0.3, -0.25) is 9.52 Å². The van der Waals surface area contributed by atoms with Gasteiger partial charge in [-0.2, -0.15) is 0 Å². The van der Waals surface area contributed by atoms with Crippen LogP contribution in [-0.4, -0.2) is 36.9 Å². The van der Waals surface area contributed by atoms with Crippen LogP contribution >= 0.6 is 34.7 Å². The van der Waals surface area contributed by atoms with Crippen molar-refractivity contribution in [3.8, 4) is 0 Å². The van der Waals surface area contributed by atoms with Crippen molar-refractivity contribution in [1.29, 1.82) is 0 Å². The van der Waals surface area contributed by atoms with Crippen molar-refractivity contribution in [2.45, 2.75) is 23.1 Å². The number of carbonyl (C=O) groups is 1. The normalized spacial score (nSPS) is 11.3. The first-order valence-electron chi connectivity index (χ1n) is 6.73. The third kappa shape index (κ3) is 4.82. The number of ether oxygens (including phenoxy) is 1. The smallest absolute Gasteiger partial charge is 0.316 e. The van der Waals surface area contributed by atoms with Crippen LogP contribution in [0.1, 0.15) is 12.5 Å². The summed E-state index contributed by atoms with van der Waals surface area (Å²) in [6, 6.07) is 4.64. The van der Waals surface area contributed by atoms with E-state index in [9.17, 15) is 13.2 Å². The summed E-state index contributed by atoms with van der Waals surface area (Å²) in [6.45, 7) is 3.65. The number of thioether (sulfide) groups is 1. The minimum absolute atomic E-state index is 0.0749. The van der Waals surface area contributed by atoms with Crippen LogP contribution in [0, 0.1) is 6.92 Å². The number of anilines is 1. The van der Waals surface area contributed by atoms with Crippen molar-refractivity contribution in [2.75, 3.05) is 17.1 Å². The molecule has 24 heavy (non-hydrogen) atoms. The first-order valence-corrected chi connectivity index (χ1v) is 10.4. The molecule has 0 unspecified atom stereocenters. The number of hydrogen-bond donors (Lipinski definition) is 1. The minimum Gasteiger partial charge on any atom is -0.465 e. The van der Waals surface area contributed by atoms with E-state index in [4.69, 9.17) is 16.3 Å². The van der Waals surface area contributed by atoms with Gasteiger partial charge in [0.15, 0.2) is 4.34 Å². The Morgan fingerprint density at radius 1 is 1.42 bits per heavy atom. The maximum Gasteiger partial charge on any atom is 0.316 e. The molecule has 0 saturated heterocycles. The molecular weight excluding hydrogens is 394 g/mol. The van der Waals surface area contributed by atoms with Gasteiger partial charge in [0.1, 0.15) is 0 Å². The van der Waals surface area contributed by atoms with Gasteiger partial charge in [0.05, 0.1) is 17.3 Å². The summed E-state index contributed by atoms with van der Waals surface area (Å²) in [4.78, 5) is 11.4. The summed E-state index contributed by atoms with van der Waals surface area (Å²) >= 11 is 8.12. The molecule has 1 aromatic heterocycles. The molecule has 2 rings (SSSR count). The average molecular weight is 408 g/mol. The lowest BCUT2D eigenvalue weighted by Gasteiger charge is -2.08. The number of aromatic nitrogens is 2. The van der Waals surface area contributed by atoms with Gasteiger partial charge in [-0.25, -0.2) is 8.42 Å². The number of benzene rings is 1. The molecule has 0 atom stereocenters. The average Bonchev–Trinajstić information content (AvgIpc) is 2.95. The monoisotopic (exact) mass is 407 g/mol. The molecule has 0 fully saturated rings. The molecule has 0 saturated carbocycles. The van der Waals surface area contributed by atoms with Gasteiger partial charge in [-0.15, -0.1) is 10.2 Å². The SMILES string of the molecule is CCOC(=O)CSc1nnc(NS(=O)(=O)c2cccc(Cl)c2C)s1. The molecule has 0 aliphatic rings. The predicted octanol–water partition coefficient (Wildman–Crippen LogP) is 2.96. The van der Waals surface area contributed by atoms with Crippen molar-refractivity contribution < 1.29 is 17.9 Å². The van der Waals surface area contributed by atoms with Crippen molar-refractivity contribution >= 4 is 55.8 Å². The van der Waals surface area contributed by atoms with Crippen molar-refractivity contribution in [2.24, 2.45) is 0 Å². The Labute approximate surface area is 152 Å². The zero-order valence-electron chi connectivity index (χ0n) is 12.8. The fourth-order valence-corrected chi connectivity index (χ4v) is 4.96. The zero-order chi connectivity index (χ0) is 17.7. The van der Waals surface area contributed by atoms with E-state index >= 15 is 0 Å². The van der Waals surface area contributed by atoms with Gasteiger partial charge >= 0.3 is 5.97 Å². The zero-order valence-corrected chi connectivity index (χ0v) is 16.0. The number of nitrogens with one attached hydrogen (secondary N) is 1. The van der Waals surface area contributed by atoms with Crippen LogP contribution in [0.5, 0.6) is 0 Å². The summed E-state index contributed by atoms with van der Waals surface area (Å²) < 4.78 is 32.5. The van der Waals surface area contributed by atoms with E-state index < -0.39 is 10.0 Å². The Balaban J connectivity index is 2.08. The van der Waals surface area contributed by atoms with Gasteiger partial charge in [-0.1, -0.05) is 40.8 Å². The van der Waals surface area contributed by atoms with E-state index in [1.54, 1.807) is 26.0 Å². The lowest BCUT2D eigenvalue weighted by molar-refractivity contribution is -0.139. The highest BCUT2D eigenvalue weighted by molar-refractivity contribution is 8.01. The molecular formula is C13H14ClN3O4S3. The Morgan fingerprint density at radius 3 is 2.88 bits per heavy atom. The Bertz CT molecular complexity index is 839. The molecule has 0 aliphatic carbocycles. The minimum atomic E-state index is -3.82. The fraction of sp³-hybridized carbons (Fsp3) is 0.308. The van der Waals surface area contributed by atoms with Crippen molar-refractivity contribution in [3.05, 3.63) is 28.8 Å². The number of carbonyl (C=O) groups excluding carboxylic acids is 1. The van der Waals surface area contributed by atoms with Gasteiger partial charge < -0.3 is 4.74 Å². The van der Waals surface area contributed by atoms with Crippen LogP contribution in [0.2, 0.25) is 5.02 Å². The van der Waals surface area contributed by atoms with Crippen LogP contribution in [0.15, 0.2) is 27.4 Å². The molecule has 0 aliphatic heterocycles. The first kappa shape index (κ1) is 19.0. The molecule has 0 spiro atoms. The molecule has 130 valence electrons. The van der Waals surface area contributed by atoms with E-state index in [0.29, 0.717) is 21.5 Å². The van der Waals surface area contributed by atoms with Gasteiger partial charge in [0.25, 0.3) is 10.0 Å². The van der Waals surface area contributed by atoms with Crippen LogP contribution in [0.3, 0.4) is 0 Å². The predicted molar refractivity (Wildman–Crippen MR) is 94.3 cm³/mol. The van der Waals surface area contributed by atoms with E-state index in [-0.39, 0.29) is 21.7 Å². The highest BCUT2D eigenvalue weighted by Crippen LogP contribution is 2.29. The van der Waals surface area contributed by atoms with Gasteiger partial charge in [0, 0.05) is 5.02 Å². The molecule has 1 N–H and O–H groups in total. The second kappa shape index (κ2) is 8.15. The van der Waals surface area contributed by atoms with Crippen molar-refractivity contribution in [3.63, 3.8) is 0 Å². The Kier molecular flexibility index (Phi) is 6.44. The highest BCUT2D eigenvalue weighted by Gasteiger charge is 2.20. The molecule has 1 heterocycles. The molecule has 11 heteroatoms. The van der Waals surface area contributed by atoms with Crippen molar-refractivity contribution in [1.82, 2.24) is 10.2 Å². The largest absolute Gasteiger partial charge is 0.465 e. The third-order valence-corrected chi connectivity index (χ3v) is 6.72. The Hall–Kier alpha value is -1.36. The summed E-state index contributed by atoms with van der Waals surface area (Å²) in [5.41, 5.74) is 0.452. The maximum absolute atomic E-state index is 12.4. The van der Waals surface area contributed by atoms with Crippen LogP contribution in [0.4, 0.5) is 5.13 Å². The third-order valence-electron chi connectivity index (χ3n) is 2.75. The number of halogens is 1. The lowest BCUT2D eigenvalue weighted by atomic mass is 10.2. The molecule has 7 nitrogen and oxygen atoms in total. The number of rotatable bonds is 7. The van der Waals surface area contributed by atoms with Gasteiger partial charge in [0.2, 0.25) is 5.13 Å². The summed E-state index contributed by atoms with van der Waals surface area (Å²) in [6.07, 6.45) is 0. The maximum atomic E-state index is 12.4. The lowest BCUT2D eigenvalue weighted by Crippen LogP contribution is -2.14. The topological polar surface area (TPSA) is 98.2 Å². The molecule has 0 amide bonds. The number of sulfonamides is 1. The van der Waals surface area contributed by atoms with E-state index in [0.717, 1.165) is 23.1 Å². The Morgan fingerprint density at radius 2 is 2.17 bits per heavy atom. The van der Waals surface area contributed by atoms with E-state index in [1.165, 1.54) is 6.07 Å². The van der Waals surface area contributed by atoms with Crippen LogP contribution < -0.4 is 4.72 Å². The number of hydrogen-bond acceptors (Lipinski definition) is 8. The second-order valence-corrected chi connectivity index (χ2v) is 8.69. The molecule has 1 aromatic carbocycles. The number of nitrogens with zero attached hydrogens (tertiary/aromatic N) is 2. The molecule has 0 bridgehead atoms. The van der Waals surface area contributed by atoms with Gasteiger partial charge in [-0.05, 0) is 31.5 Å². The molecule has 0 radical (unpaired) electrons. The number of esters is 1. The first-order chi connectivity index (χ1) is 11.3. The summed E-state index contributed by atoms with van der Waals surface area (Å²) in [5.74, 6) is -0.280. The highest BCUT2D eigenvalue weighted by atomic mass is 35.5. The second-order valence-electron chi connectivity index (χ2n) is 4.44. The van der Waals surface area contributed by atoms with E-state index in [2.05, 4.69) is 14.9 Å². The van der Waals surface area contributed by atoms with Crippen LogP contribution in [-0.2, 0) is 19.6 Å². The summed E-state index contributed by atoms with van der Waals surface area (Å²) in [7, 11) is -3.82.